The van der Waals surface area contributed by atoms with Gasteiger partial charge in [0.2, 0.25) is 5.91 Å². The third-order valence-electron chi connectivity index (χ3n) is 1.98. The Morgan fingerprint density at radius 3 is 2.11 bits per heavy atom. The number of urea groups is 1. The van der Waals surface area contributed by atoms with Gasteiger partial charge in [0, 0.05) is 11.4 Å². The van der Waals surface area contributed by atoms with E-state index in [4.69, 9.17) is 10.5 Å². The highest BCUT2D eigenvalue weighted by Crippen LogP contribution is 2.13. The molecule has 1 rings (SSSR count). The summed E-state index contributed by atoms with van der Waals surface area (Å²) in [6.45, 7) is 3.73. The molecule has 98 valence electrons. The van der Waals surface area contributed by atoms with Crippen molar-refractivity contribution < 1.29 is 14.3 Å². The molecule has 6 nitrogen and oxygen atoms in total. The molecule has 1 aromatic carbocycles. The zero-order chi connectivity index (χ0) is 13.5. The Labute approximate surface area is 105 Å². The number of anilines is 2. The third-order valence-corrected chi connectivity index (χ3v) is 1.98. The SMILES string of the molecule is CC(C)OCC(=O)Nc1ccc(NC(N)=O)cc1. The lowest BCUT2D eigenvalue weighted by molar-refractivity contribution is -0.121. The summed E-state index contributed by atoms with van der Waals surface area (Å²) in [5, 5.41) is 5.10. The Morgan fingerprint density at radius 2 is 1.67 bits per heavy atom. The van der Waals surface area contributed by atoms with Crippen molar-refractivity contribution in [1.82, 2.24) is 0 Å². The van der Waals surface area contributed by atoms with Gasteiger partial charge in [-0.1, -0.05) is 0 Å². The molecule has 0 radical (unpaired) electrons. The molecular formula is C12H17N3O3. The fraction of sp³-hybridized carbons (Fsp3) is 0.333. The lowest BCUT2D eigenvalue weighted by atomic mass is 10.3. The van der Waals surface area contributed by atoms with Gasteiger partial charge >= 0.3 is 6.03 Å². The molecule has 0 spiro atoms. The normalized spacial score (nSPS) is 10.2. The molecule has 0 saturated carbocycles. The van der Waals surface area contributed by atoms with Crippen molar-refractivity contribution in [3.05, 3.63) is 24.3 Å². The van der Waals surface area contributed by atoms with Crippen LogP contribution in [0.4, 0.5) is 16.2 Å². The molecule has 1 aromatic rings. The summed E-state index contributed by atoms with van der Waals surface area (Å²) >= 11 is 0. The van der Waals surface area contributed by atoms with Crippen molar-refractivity contribution in [2.45, 2.75) is 20.0 Å². The van der Waals surface area contributed by atoms with Crippen molar-refractivity contribution >= 4 is 23.3 Å². The van der Waals surface area contributed by atoms with Gasteiger partial charge < -0.3 is 21.1 Å². The molecule has 0 unspecified atom stereocenters. The molecule has 0 aliphatic rings. The van der Waals surface area contributed by atoms with Crippen LogP contribution in [-0.2, 0) is 9.53 Å². The van der Waals surface area contributed by atoms with E-state index in [0.717, 1.165) is 0 Å². The van der Waals surface area contributed by atoms with Crippen LogP contribution in [0, 0.1) is 0 Å². The minimum Gasteiger partial charge on any atom is -0.369 e. The first-order chi connectivity index (χ1) is 8.47. The summed E-state index contributed by atoms with van der Waals surface area (Å²) < 4.78 is 5.17. The van der Waals surface area contributed by atoms with Gasteiger partial charge in [-0.15, -0.1) is 0 Å². The Hall–Kier alpha value is -2.08. The van der Waals surface area contributed by atoms with Gasteiger partial charge in [-0.25, -0.2) is 4.79 Å². The molecule has 0 aliphatic heterocycles. The smallest absolute Gasteiger partial charge is 0.316 e. The molecule has 0 aromatic heterocycles. The molecule has 0 fully saturated rings. The van der Waals surface area contributed by atoms with Crippen LogP contribution in [0.25, 0.3) is 0 Å². The summed E-state index contributed by atoms with van der Waals surface area (Å²) in [7, 11) is 0. The maximum Gasteiger partial charge on any atom is 0.316 e. The Morgan fingerprint density at radius 1 is 1.17 bits per heavy atom. The van der Waals surface area contributed by atoms with E-state index in [0.29, 0.717) is 11.4 Å². The molecule has 0 bridgehead atoms. The summed E-state index contributed by atoms with van der Waals surface area (Å²) in [4.78, 5) is 22.1. The summed E-state index contributed by atoms with van der Waals surface area (Å²) in [5.74, 6) is -0.223. The molecule has 0 aliphatic carbocycles. The Kier molecular flexibility index (Phi) is 5.13. The van der Waals surface area contributed by atoms with Crippen LogP contribution in [0.3, 0.4) is 0 Å². The average Bonchev–Trinajstić information content (AvgIpc) is 2.28. The zero-order valence-corrected chi connectivity index (χ0v) is 10.4. The lowest BCUT2D eigenvalue weighted by Gasteiger charge is -2.09. The van der Waals surface area contributed by atoms with Crippen LogP contribution in [0.5, 0.6) is 0 Å². The average molecular weight is 251 g/mol. The number of ether oxygens (including phenoxy) is 1. The highest BCUT2D eigenvalue weighted by atomic mass is 16.5. The minimum absolute atomic E-state index is 0.0119. The second kappa shape index (κ2) is 6.61. The van der Waals surface area contributed by atoms with E-state index < -0.39 is 6.03 Å². The van der Waals surface area contributed by atoms with E-state index >= 15 is 0 Å². The van der Waals surface area contributed by atoms with E-state index in [9.17, 15) is 9.59 Å². The van der Waals surface area contributed by atoms with Gasteiger partial charge in [0.1, 0.15) is 6.61 Å². The number of primary amides is 1. The van der Waals surface area contributed by atoms with E-state index in [1.54, 1.807) is 24.3 Å². The first-order valence-electron chi connectivity index (χ1n) is 5.55. The van der Waals surface area contributed by atoms with Crippen LogP contribution >= 0.6 is 0 Å². The lowest BCUT2D eigenvalue weighted by Crippen LogP contribution is -2.21. The number of carbonyl (C=O) groups is 2. The van der Waals surface area contributed by atoms with Gasteiger partial charge in [0.05, 0.1) is 6.10 Å². The van der Waals surface area contributed by atoms with Gasteiger partial charge in [-0.05, 0) is 38.1 Å². The van der Waals surface area contributed by atoms with Crippen molar-refractivity contribution in [2.24, 2.45) is 5.73 Å². The van der Waals surface area contributed by atoms with Crippen molar-refractivity contribution in [3.63, 3.8) is 0 Å². The van der Waals surface area contributed by atoms with Crippen LogP contribution in [0.1, 0.15) is 13.8 Å². The summed E-state index contributed by atoms with van der Waals surface area (Å²) in [5.41, 5.74) is 6.17. The van der Waals surface area contributed by atoms with E-state index in [1.807, 2.05) is 13.8 Å². The Bertz CT molecular complexity index is 415. The third kappa shape index (κ3) is 5.31. The van der Waals surface area contributed by atoms with E-state index in [1.165, 1.54) is 0 Å². The summed E-state index contributed by atoms with van der Waals surface area (Å²) in [6.07, 6.45) is 0.0119. The number of hydrogen-bond acceptors (Lipinski definition) is 3. The van der Waals surface area contributed by atoms with Gasteiger partial charge in [-0.2, -0.15) is 0 Å². The molecule has 0 atom stereocenters. The molecule has 6 heteroatoms. The van der Waals surface area contributed by atoms with E-state index in [-0.39, 0.29) is 18.6 Å². The van der Waals surface area contributed by atoms with Crippen LogP contribution in [-0.4, -0.2) is 24.6 Å². The number of rotatable bonds is 5. The fourth-order valence-corrected chi connectivity index (χ4v) is 1.22. The molecule has 3 amide bonds. The minimum atomic E-state index is -0.628. The predicted molar refractivity (Wildman–Crippen MR) is 69.4 cm³/mol. The predicted octanol–water partition coefficient (Wildman–Crippen LogP) is 1.54. The highest BCUT2D eigenvalue weighted by Gasteiger charge is 2.04. The first kappa shape index (κ1) is 14.0. The van der Waals surface area contributed by atoms with E-state index in [2.05, 4.69) is 10.6 Å². The van der Waals surface area contributed by atoms with Crippen LogP contribution in [0.2, 0.25) is 0 Å². The number of hydrogen-bond donors (Lipinski definition) is 3. The molecule has 0 heterocycles. The quantitative estimate of drug-likeness (QED) is 0.741. The second-order valence-electron chi connectivity index (χ2n) is 3.97. The molecule has 18 heavy (non-hydrogen) atoms. The molecule has 4 N–H and O–H groups in total. The first-order valence-corrected chi connectivity index (χ1v) is 5.55. The topological polar surface area (TPSA) is 93.4 Å². The highest BCUT2D eigenvalue weighted by molar-refractivity contribution is 5.92. The van der Waals surface area contributed by atoms with Crippen molar-refractivity contribution in [1.29, 1.82) is 0 Å². The van der Waals surface area contributed by atoms with Crippen LogP contribution < -0.4 is 16.4 Å². The molecular weight excluding hydrogens is 234 g/mol. The van der Waals surface area contributed by atoms with Gasteiger partial charge in [0.25, 0.3) is 0 Å². The van der Waals surface area contributed by atoms with Gasteiger partial charge in [-0.3, -0.25) is 4.79 Å². The second-order valence-corrected chi connectivity index (χ2v) is 3.97. The van der Waals surface area contributed by atoms with Crippen LogP contribution in [0.15, 0.2) is 24.3 Å². The zero-order valence-electron chi connectivity index (χ0n) is 10.4. The number of nitrogens with one attached hydrogen (secondary N) is 2. The van der Waals surface area contributed by atoms with Gasteiger partial charge in [0.15, 0.2) is 0 Å². The Balaban J connectivity index is 2.48. The number of benzene rings is 1. The van der Waals surface area contributed by atoms with Crippen molar-refractivity contribution in [3.8, 4) is 0 Å². The standard InChI is InChI=1S/C12H17N3O3/c1-8(2)18-7-11(16)14-9-3-5-10(6-4-9)15-12(13)17/h3-6,8H,7H2,1-2H3,(H,14,16)(H3,13,15,17). The number of nitrogens with two attached hydrogens (primary N) is 1. The maximum absolute atomic E-state index is 11.5. The largest absolute Gasteiger partial charge is 0.369 e. The fourth-order valence-electron chi connectivity index (χ4n) is 1.22. The monoisotopic (exact) mass is 251 g/mol. The van der Waals surface area contributed by atoms with Crippen molar-refractivity contribution in [2.75, 3.05) is 17.2 Å². The number of carbonyl (C=O) groups excluding carboxylic acids is 2. The maximum atomic E-state index is 11.5. The summed E-state index contributed by atoms with van der Waals surface area (Å²) in [6, 6.07) is 5.99. The number of amides is 3. The molecule has 0 saturated heterocycles.